The molecule has 0 radical (unpaired) electrons. The maximum Gasteiger partial charge on any atom is 0.281 e. The summed E-state index contributed by atoms with van der Waals surface area (Å²) in [5.74, 6) is 1.21. The topological polar surface area (TPSA) is 74.4 Å². The zero-order valence-corrected chi connectivity index (χ0v) is 18.5. The highest BCUT2D eigenvalue weighted by atomic mass is 16.5. The summed E-state index contributed by atoms with van der Waals surface area (Å²) in [6.45, 7) is 11.7. The molecule has 8 nitrogen and oxygen atoms in total. The summed E-state index contributed by atoms with van der Waals surface area (Å²) in [5, 5.41) is 0. The molecule has 1 fully saturated rings. The third-order valence-corrected chi connectivity index (χ3v) is 6.04. The van der Waals surface area contributed by atoms with Crippen molar-refractivity contribution in [3.63, 3.8) is 0 Å². The van der Waals surface area contributed by atoms with Gasteiger partial charge < -0.3 is 14.0 Å². The van der Waals surface area contributed by atoms with Crippen molar-refractivity contribution in [2.75, 3.05) is 39.5 Å². The number of rotatable bonds is 8. The minimum absolute atomic E-state index is 0.136. The Morgan fingerprint density at radius 3 is 2.65 bits per heavy atom. The molecule has 2 aromatic heterocycles. The van der Waals surface area contributed by atoms with Crippen molar-refractivity contribution in [1.82, 2.24) is 24.0 Å². The molecule has 8 heteroatoms. The van der Waals surface area contributed by atoms with Gasteiger partial charge in [-0.1, -0.05) is 32.0 Å². The molecule has 3 heterocycles. The van der Waals surface area contributed by atoms with E-state index in [2.05, 4.69) is 35.6 Å². The van der Waals surface area contributed by atoms with Crippen molar-refractivity contribution in [3.8, 4) is 5.75 Å². The number of hydrogen-bond acceptors (Lipinski definition) is 6. The normalized spacial score (nSPS) is 16.1. The molecule has 166 valence electrons. The van der Waals surface area contributed by atoms with E-state index in [1.165, 1.54) is 0 Å². The molecule has 3 aromatic rings. The van der Waals surface area contributed by atoms with Crippen LogP contribution in [0.2, 0.25) is 0 Å². The van der Waals surface area contributed by atoms with Crippen molar-refractivity contribution in [2.45, 2.75) is 33.4 Å². The van der Waals surface area contributed by atoms with Crippen LogP contribution in [0.5, 0.6) is 5.75 Å². The average molecular weight is 426 g/mol. The molecular weight excluding hydrogens is 394 g/mol. The number of para-hydroxylation sites is 1. The van der Waals surface area contributed by atoms with Gasteiger partial charge in [0.15, 0.2) is 11.2 Å². The molecule has 1 saturated heterocycles. The number of aromatic nitrogens is 4. The lowest BCUT2D eigenvalue weighted by atomic mass is 10.1. The van der Waals surface area contributed by atoms with Crippen LogP contribution < -0.4 is 10.3 Å². The Kier molecular flexibility index (Phi) is 6.67. The molecule has 0 bridgehead atoms. The zero-order chi connectivity index (χ0) is 21.8. The SMILES string of the molecule is CC(C)[C@@H](C)n1cnc2c(=O)n(Cc3ccccc3OCCN3CCOCC3)cnc21. The van der Waals surface area contributed by atoms with Crippen molar-refractivity contribution in [1.29, 1.82) is 0 Å². The Hall–Kier alpha value is -2.71. The molecule has 1 aromatic carbocycles. The van der Waals surface area contributed by atoms with E-state index in [-0.39, 0.29) is 11.6 Å². The summed E-state index contributed by atoms with van der Waals surface area (Å²) in [6.07, 6.45) is 3.33. The average Bonchev–Trinajstić information content (AvgIpc) is 3.21. The van der Waals surface area contributed by atoms with E-state index in [1.54, 1.807) is 17.2 Å². The van der Waals surface area contributed by atoms with Gasteiger partial charge in [0.25, 0.3) is 5.56 Å². The number of imidazole rings is 1. The van der Waals surface area contributed by atoms with Crippen molar-refractivity contribution >= 4 is 11.2 Å². The highest BCUT2D eigenvalue weighted by Crippen LogP contribution is 2.21. The summed E-state index contributed by atoms with van der Waals surface area (Å²) in [5.41, 5.74) is 1.85. The molecule has 0 amide bonds. The van der Waals surface area contributed by atoms with Crippen molar-refractivity contribution in [3.05, 3.63) is 52.8 Å². The molecule has 0 aliphatic carbocycles. The van der Waals surface area contributed by atoms with Gasteiger partial charge in [0.05, 0.1) is 26.1 Å². The van der Waals surface area contributed by atoms with Gasteiger partial charge in [-0.05, 0) is 18.9 Å². The van der Waals surface area contributed by atoms with Crippen LogP contribution in [-0.4, -0.2) is 63.5 Å². The predicted octanol–water partition coefficient (Wildman–Crippen LogP) is 2.57. The summed E-state index contributed by atoms with van der Waals surface area (Å²) in [6, 6.07) is 8.06. The largest absolute Gasteiger partial charge is 0.492 e. The molecule has 0 spiro atoms. The summed E-state index contributed by atoms with van der Waals surface area (Å²) < 4.78 is 15.0. The van der Waals surface area contributed by atoms with Crippen LogP contribution in [0.4, 0.5) is 0 Å². The van der Waals surface area contributed by atoms with Crippen molar-refractivity contribution < 1.29 is 9.47 Å². The van der Waals surface area contributed by atoms with Crippen LogP contribution in [0.25, 0.3) is 11.2 Å². The van der Waals surface area contributed by atoms with E-state index >= 15 is 0 Å². The van der Waals surface area contributed by atoms with Gasteiger partial charge in [-0.15, -0.1) is 0 Å². The van der Waals surface area contributed by atoms with E-state index in [0.29, 0.717) is 30.2 Å². The lowest BCUT2D eigenvalue weighted by Gasteiger charge is -2.26. The Morgan fingerprint density at radius 1 is 1.10 bits per heavy atom. The first-order valence-corrected chi connectivity index (χ1v) is 11.0. The number of morpholine rings is 1. The van der Waals surface area contributed by atoms with Crippen LogP contribution in [0.1, 0.15) is 32.4 Å². The van der Waals surface area contributed by atoms with Crippen molar-refractivity contribution in [2.24, 2.45) is 5.92 Å². The van der Waals surface area contributed by atoms with Crippen LogP contribution in [0.3, 0.4) is 0 Å². The molecule has 0 N–H and O–H groups in total. The molecule has 1 aliphatic rings. The molecule has 4 rings (SSSR count). The number of nitrogens with zero attached hydrogens (tertiary/aromatic N) is 5. The standard InChI is InChI=1S/C23H31N5O3/c1-17(2)18(3)28-16-24-21-22(28)25-15-27(23(21)29)14-19-6-4-5-7-20(19)31-13-10-26-8-11-30-12-9-26/h4-7,15-18H,8-14H2,1-3H3/t18-/m1/s1. The summed E-state index contributed by atoms with van der Waals surface area (Å²) in [7, 11) is 0. The second kappa shape index (κ2) is 9.62. The van der Waals surface area contributed by atoms with Crippen LogP contribution in [0, 0.1) is 5.92 Å². The fourth-order valence-corrected chi connectivity index (χ4v) is 3.75. The Morgan fingerprint density at radius 2 is 1.87 bits per heavy atom. The number of ether oxygens (including phenoxy) is 2. The van der Waals surface area contributed by atoms with E-state index in [1.807, 2.05) is 28.8 Å². The quantitative estimate of drug-likeness (QED) is 0.552. The van der Waals surface area contributed by atoms with Gasteiger partial charge in [-0.3, -0.25) is 14.3 Å². The van der Waals surface area contributed by atoms with Crippen LogP contribution in [-0.2, 0) is 11.3 Å². The maximum atomic E-state index is 13.1. The monoisotopic (exact) mass is 425 g/mol. The first-order chi connectivity index (χ1) is 15.0. The smallest absolute Gasteiger partial charge is 0.281 e. The molecule has 1 atom stereocenters. The van der Waals surface area contributed by atoms with Gasteiger partial charge in [-0.25, -0.2) is 9.97 Å². The minimum Gasteiger partial charge on any atom is -0.492 e. The molecule has 0 unspecified atom stereocenters. The van der Waals surface area contributed by atoms with Gasteiger partial charge in [-0.2, -0.15) is 0 Å². The molecule has 31 heavy (non-hydrogen) atoms. The third kappa shape index (κ3) is 4.80. The molecule has 1 aliphatic heterocycles. The predicted molar refractivity (Wildman–Crippen MR) is 120 cm³/mol. The Bertz CT molecular complexity index is 1070. The van der Waals surface area contributed by atoms with Crippen LogP contribution >= 0.6 is 0 Å². The first kappa shape index (κ1) is 21.5. The minimum atomic E-state index is -0.136. The lowest BCUT2D eigenvalue weighted by Crippen LogP contribution is -2.38. The number of fused-ring (bicyclic) bond motifs is 1. The zero-order valence-electron chi connectivity index (χ0n) is 18.5. The Labute approximate surface area is 182 Å². The number of hydrogen-bond donors (Lipinski definition) is 0. The summed E-state index contributed by atoms with van der Waals surface area (Å²) in [4.78, 5) is 24.3. The van der Waals surface area contributed by atoms with Gasteiger partial charge in [0.2, 0.25) is 0 Å². The lowest BCUT2D eigenvalue weighted by molar-refractivity contribution is 0.0322. The highest BCUT2D eigenvalue weighted by Gasteiger charge is 2.17. The van der Waals surface area contributed by atoms with Crippen LogP contribution in [0.15, 0.2) is 41.7 Å². The van der Waals surface area contributed by atoms with E-state index in [0.717, 1.165) is 44.2 Å². The summed E-state index contributed by atoms with van der Waals surface area (Å²) >= 11 is 0. The third-order valence-electron chi connectivity index (χ3n) is 6.04. The Balaban J connectivity index is 1.50. The van der Waals surface area contributed by atoms with Gasteiger partial charge in [0.1, 0.15) is 18.7 Å². The fraction of sp³-hybridized carbons (Fsp3) is 0.522. The van der Waals surface area contributed by atoms with E-state index < -0.39 is 0 Å². The second-order valence-electron chi connectivity index (χ2n) is 8.40. The fourth-order valence-electron chi connectivity index (χ4n) is 3.75. The first-order valence-electron chi connectivity index (χ1n) is 11.0. The van der Waals surface area contributed by atoms with E-state index in [9.17, 15) is 4.79 Å². The highest BCUT2D eigenvalue weighted by molar-refractivity contribution is 5.69. The molecular formula is C23H31N5O3. The maximum absolute atomic E-state index is 13.1. The van der Waals surface area contributed by atoms with E-state index in [4.69, 9.17) is 9.47 Å². The molecule has 0 saturated carbocycles. The number of benzene rings is 1. The second-order valence-corrected chi connectivity index (χ2v) is 8.40. The van der Waals surface area contributed by atoms with Gasteiger partial charge >= 0.3 is 0 Å². The van der Waals surface area contributed by atoms with Gasteiger partial charge in [0, 0.05) is 31.2 Å².